The van der Waals surface area contributed by atoms with Gasteiger partial charge in [0.1, 0.15) is 6.29 Å². The smallest absolute Gasteiger partial charge is 0.371 e. The van der Waals surface area contributed by atoms with Crippen molar-refractivity contribution in [2.45, 2.75) is 25.4 Å². The van der Waals surface area contributed by atoms with Crippen molar-refractivity contribution in [3.8, 4) is 0 Å². The van der Waals surface area contributed by atoms with E-state index in [-0.39, 0.29) is 11.8 Å². The van der Waals surface area contributed by atoms with Crippen LogP contribution < -0.4 is 10.2 Å². The number of nitrogens with one attached hydrogen (secondary N) is 1. The molecule has 1 fully saturated rings. The van der Waals surface area contributed by atoms with Gasteiger partial charge in [0.2, 0.25) is 5.91 Å². The average molecular weight is 404 g/mol. The lowest BCUT2D eigenvalue weighted by Crippen LogP contribution is -2.41. The van der Waals surface area contributed by atoms with Gasteiger partial charge in [-0.25, -0.2) is 0 Å². The second kappa shape index (κ2) is 9.11. The Bertz CT molecular complexity index is 825. The van der Waals surface area contributed by atoms with Gasteiger partial charge in [0.25, 0.3) is 0 Å². The molecule has 1 amide bonds. The number of benzene rings is 2. The normalized spacial score (nSPS) is 15.2. The van der Waals surface area contributed by atoms with Crippen LogP contribution in [0.3, 0.4) is 0 Å². The molecule has 2 aromatic rings. The number of nitrogens with zero attached hydrogens (tertiary/aromatic N) is 1. The van der Waals surface area contributed by atoms with Gasteiger partial charge in [-0.1, -0.05) is 12.1 Å². The molecule has 29 heavy (non-hydrogen) atoms. The lowest BCUT2D eigenvalue weighted by Gasteiger charge is -2.33. The summed E-state index contributed by atoms with van der Waals surface area (Å²) in [7, 11) is 0. The molecule has 1 heterocycles. The third-order valence-electron chi connectivity index (χ3n) is 5.25. The molecule has 1 aliphatic heterocycles. The Morgan fingerprint density at radius 2 is 1.66 bits per heavy atom. The maximum Gasteiger partial charge on any atom is 0.416 e. The molecule has 1 N–H and O–H groups in total. The number of rotatable bonds is 6. The number of amides is 1. The van der Waals surface area contributed by atoms with Crippen LogP contribution in [0.1, 0.15) is 34.3 Å². The molecule has 1 aliphatic rings. The van der Waals surface area contributed by atoms with Crippen LogP contribution in [-0.4, -0.2) is 31.8 Å². The van der Waals surface area contributed by atoms with E-state index in [1.807, 2.05) is 12.1 Å². The first kappa shape index (κ1) is 20.9. The van der Waals surface area contributed by atoms with Gasteiger partial charge in [-0.2, -0.15) is 13.2 Å². The van der Waals surface area contributed by atoms with Crippen LogP contribution in [-0.2, 0) is 17.4 Å². The Balaban J connectivity index is 1.42. The molecule has 7 heteroatoms. The summed E-state index contributed by atoms with van der Waals surface area (Å²) in [5, 5.41) is 2.90. The highest BCUT2D eigenvalue weighted by molar-refractivity contribution is 5.79. The number of carbonyl (C=O) groups is 2. The van der Waals surface area contributed by atoms with E-state index >= 15 is 0 Å². The quantitative estimate of drug-likeness (QED) is 0.738. The molecule has 0 spiro atoms. The third-order valence-corrected chi connectivity index (χ3v) is 5.25. The Hall–Kier alpha value is -2.83. The fraction of sp³-hybridized carbons (Fsp3) is 0.364. The molecule has 0 aromatic heterocycles. The summed E-state index contributed by atoms with van der Waals surface area (Å²) in [6.45, 7) is 1.92. The molecular formula is C22H23F3N2O2. The van der Waals surface area contributed by atoms with Crippen LogP contribution in [0, 0.1) is 5.92 Å². The Morgan fingerprint density at radius 1 is 1.03 bits per heavy atom. The lowest BCUT2D eigenvalue weighted by molar-refractivity contribution is -0.137. The van der Waals surface area contributed by atoms with Crippen molar-refractivity contribution in [2.75, 3.05) is 24.5 Å². The molecule has 3 rings (SSSR count). The number of halogens is 3. The molecule has 0 aliphatic carbocycles. The first-order valence-corrected chi connectivity index (χ1v) is 9.61. The second-order valence-corrected chi connectivity index (χ2v) is 7.21. The Kier molecular flexibility index (Phi) is 6.56. The van der Waals surface area contributed by atoms with Gasteiger partial charge in [0.05, 0.1) is 5.56 Å². The fourth-order valence-electron chi connectivity index (χ4n) is 3.50. The van der Waals surface area contributed by atoms with Crippen molar-refractivity contribution in [3.05, 3.63) is 65.2 Å². The molecule has 4 nitrogen and oxygen atoms in total. The summed E-state index contributed by atoms with van der Waals surface area (Å²) in [5.41, 5.74) is 1.76. The zero-order valence-electron chi connectivity index (χ0n) is 15.9. The van der Waals surface area contributed by atoms with E-state index in [1.54, 1.807) is 12.1 Å². The summed E-state index contributed by atoms with van der Waals surface area (Å²) >= 11 is 0. The monoisotopic (exact) mass is 404 g/mol. The molecular weight excluding hydrogens is 381 g/mol. The minimum Gasteiger partial charge on any atom is -0.371 e. The van der Waals surface area contributed by atoms with Crippen molar-refractivity contribution in [1.29, 1.82) is 0 Å². The summed E-state index contributed by atoms with van der Waals surface area (Å²) < 4.78 is 37.7. The maximum atomic E-state index is 12.6. The van der Waals surface area contributed by atoms with Crippen molar-refractivity contribution < 1.29 is 22.8 Å². The molecule has 1 saturated heterocycles. The largest absolute Gasteiger partial charge is 0.416 e. The van der Waals surface area contributed by atoms with E-state index in [1.165, 1.54) is 12.1 Å². The first-order chi connectivity index (χ1) is 13.9. The number of hydrogen-bond acceptors (Lipinski definition) is 3. The molecule has 0 saturated carbocycles. The Labute approximate surface area is 167 Å². The highest BCUT2D eigenvalue weighted by atomic mass is 19.4. The summed E-state index contributed by atoms with van der Waals surface area (Å²) in [6.07, 6.45) is -1.56. The standard InChI is InChI=1S/C22H23F3N2O2/c23-22(24,25)19-5-1-16(2-6-19)9-12-26-21(29)18-10-13-27(14-11-18)20-7-3-17(15-28)4-8-20/h1-8,15,18H,9-14H2,(H,26,29). The van der Waals surface area contributed by atoms with Gasteiger partial charge < -0.3 is 10.2 Å². The first-order valence-electron chi connectivity index (χ1n) is 9.61. The van der Waals surface area contributed by atoms with Crippen molar-refractivity contribution in [2.24, 2.45) is 5.92 Å². The van der Waals surface area contributed by atoms with Crippen LogP contribution in [0.2, 0.25) is 0 Å². The van der Waals surface area contributed by atoms with Crippen LogP contribution in [0.4, 0.5) is 18.9 Å². The predicted molar refractivity (Wildman–Crippen MR) is 105 cm³/mol. The zero-order valence-corrected chi connectivity index (χ0v) is 15.9. The number of anilines is 1. The van der Waals surface area contributed by atoms with E-state index in [9.17, 15) is 22.8 Å². The van der Waals surface area contributed by atoms with Gasteiger partial charge >= 0.3 is 6.18 Å². The second-order valence-electron chi connectivity index (χ2n) is 7.21. The highest BCUT2D eigenvalue weighted by Crippen LogP contribution is 2.29. The van der Waals surface area contributed by atoms with E-state index in [2.05, 4.69) is 10.2 Å². The zero-order chi connectivity index (χ0) is 20.9. The fourth-order valence-corrected chi connectivity index (χ4v) is 3.50. The number of alkyl halides is 3. The summed E-state index contributed by atoms with van der Waals surface area (Å²) in [6, 6.07) is 12.4. The lowest BCUT2D eigenvalue weighted by atomic mass is 9.95. The number of piperidine rings is 1. The van der Waals surface area contributed by atoms with E-state index in [0.29, 0.717) is 18.5 Å². The molecule has 154 valence electrons. The van der Waals surface area contributed by atoms with Crippen molar-refractivity contribution >= 4 is 17.9 Å². The van der Waals surface area contributed by atoms with Crippen LogP contribution in [0.15, 0.2) is 48.5 Å². The van der Waals surface area contributed by atoms with E-state index in [4.69, 9.17) is 0 Å². The third kappa shape index (κ3) is 5.59. The minimum absolute atomic E-state index is 0.00661. The van der Waals surface area contributed by atoms with Crippen LogP contribution in [0.25, 0.3) is 0 Å². The minimum atomic E-state index is -4.34. The molecule has 0 atom stereocenters. The van der Waals surface area contributed by atoms with E-state index in [0.717, 1.165) is 55.6 Å². The topological polar surface area (TPSA) is 49.4 Å². The van der Waals surface area contributed by atoms with Crippen molar-refractivity contribution in [3.63, 3.8) is 0 Å². The van der Waals surface area contributed by atoms with Crippen molar-refractivity contribution in [1.82, 2.24) is 5.32 Å². The van der Waals surface area contributed by atoms with Gasteiger partial charge in [0, 0.05) is 36.8 Å². The average Bonchev–Trinajstić information content (AvgIpc) is 2.73. The highest BCUT2D eigenvalue weighted by Gasteiger charge is 2.30. The van der Waals surface area contributed by atoms with Gasteiger partial charge in [0.15, 0.2) is 0 Å². The summed E-state index contributed by atoms with van der Waals surface area (Å²) in [5.74, 6) is -0.0685. The Morgan fingerprint density at radius 3 is 2.21 bits per heavy atom. The number of hydrogen-bond donors (Lipinski definition) is 1. The van der Waals surface area contributed by atoms with E-state index < -0.39 is 11.7 Å². The van der Waals surface area contributed by atoms with Gasteiger partial charge in [-0.15, -0.1) is 0 Å². The van der Waals surface area contributed by atoms with Crippen LogP contribution in [0.5, 0.6) is 0 Å². The number of carbonyl (C=O) groups excluding carboxylic acids is 2. The summed E-state index contributed by atoms with van der Waals surface area (Å²) in [4.78, 5) is 25.3. The molecule has 2 aromatic carbocycles. The predicted octanol–water partition coefficient (Wildman–Crippen LogP) is 4.09. The number of aldehydes is 1. The molecule has 0 unspecified atom stereocenters. The molecule has 0 radical (unpaired) electrons. The SMILES string of the molecule is O=Cc1ccc(N2CCC(C(=O)NCCc3ccc(C(F)(F)F)cc3)CC2)cc1. The van der Waals surface area contributed by atoms with Gasteiger partial charge in [-0.05, 0) is 61.2 Å². The van der Waals surface area contributed by atoms with Gasteiger partial charge in [-0.3, -0.25) is 9.59 Å². The molecule has 0 bridgehead atoms. The van der Waals surface area contributed by atoms with Crippen LogP contribution >= 0.6 is 0 Å². The maximum absolute atomic E-state index is 12.6.